The molecular weight excluding hydrogens is 174 g/mol. The van der Waals surface area contributed by atoms with Crippen molar-refractivity contribution in [1.82, 2.24) is 15.1 Å². The fourth-order valence-corrected chi connectivity index (χ4v) is 1.79. The predicted octanol–water partition coefficient (Wildman–Crippen LogP) is 1.79. The normalized spacial score (nSPS) is 16.9. The van der Waals surface area contributed by atoms with Gasteiger partial charge in [-0.2, -0.15) is 5.10 Å². The Morgan fingerprint density at radius 3 is 3.00 bits per heavy atom. The van der Waals surface area contributed by atoms with Gasteiger partial charge in [0.05, 0.1) is 6.20 Å². The van der Waals surface area contributed by atoms with Crippen molar-refractivity contribution in [3.63, 3.8) is 0 Å². The van der Waals surface area contributed by atoms with E-state index in [-0.39, 0.29) is 0 Å². The Labute approximate surface area is 85.5 Å². The second-order valence-electron chi connectivity index (χ2n) is 4.13. The van der Waals surface area contributed by atoms with E-state index in [9.17, 15) is 0 Å². The molecule has 1 heterocycles. The van der Waals surface area contributed by atoms with Gasteiger partial charge >= 0.3 is 0 Å². The zero-order valence-electron chi connectivity index (χ0n) is 8.87. The maximum Gasteiger partial charge on any atom is 0.0534 e. The first-order valence-electron chi connectivity index (χ1n) is 5.60. The molecule has 0 spiro atoms. The van der Waals surface area contributed by atoms with Crippen LogP contribution in [0.4, 0.5) is 0 Å². The number of hydrogen-bond acceptors (Lipinski definition) is 2. The molecule has 14 heavy (non-hydrogen) atoms. The summed E-state index contributed by atoms with van der Waals surface area (Å²) in [4.78, 5) is 0. The first-order chi connectivity index (χ1) is 6.88. The SMILES string of the molecule is CCn1cc(CNCC2CCC2)cn1. The molecule has 1 aliphatic rings. The van der Waals surface area contributed by atoms with Crippen molar-refractivity contribution in [2.45, 2.75) is 39.3 Å². The average Bonchev–Trinajstić information content (AvgIpc) is 2.57. The van der Waals surface area contributed by atoms with Gasteiger partial charge in [0.15, 0.2) is 0 Å². The lowest BCUT2D eigenvalue weighted by molar-refractivity contribution is 0.301. The van der Waals surface area contributed by atoms with E-state index in [1.54, 1.807) is 0 Å². The average molecular weight is 193 g/mol. The van der Waals surface area contributed by atoms with E-state index in [1.165, 1.54) is 31.4 Å². The highest BCUT2D eigenvalue weighted by Crippen LogP contribution is 2.25. The van der Waals surface area contributed by atoms with Crippen LogP contribution in [-0.4, -0.2) is 16.3 Å². The first-order valence-corrected chi connectivity index (χ1v) is 5.60. The second-order valence-corrected chi connectivity index (χ2v) is 4.13. The smallest absolute Gasteiger partial charge is 0.0534 e. The van der Waals surface area contributed by atoms with E-state index < -0.39 is 0 Å². The van der Waals surface area contributed by atoms with Crippen LogP contribution < -0.4 is 5.32 Å². The van der Waals surface area contributed by atoms with Crippen LogP contribution in [0.2, 0.25) is 0 Å². The van der Waals surface area contributed by atoms with Gasteiger partial charge in [0.25, 0.3) is 0 Å². The first kappa shape index (κ1) is 9.71. The highest BCUT2D eigenvalue weighted by atomic mass is 15.3. The van der Waals surface area contributed by atoms with E-state index in [1.807, 2.05) is 10.9 Å². The highest BCUT2D eigenvalue weighted by Gasteiger charge is 2.16. The van der Waals surface area contributed by atoms with Gasteiger partial charge in [0.2, 0.25) is 0 Å². The molecule has 1 aliphatic carbocycles. The lowest BCUT2D eigenvalue weighted by Gasteiger charge is -2.25. The van der Waals surface area contributed by atoms with Crippen LogP contribution in [0.15, 0.2) is 12.4 Å². The zero-order valence-corrected chi connectivity index (χ0v) is 8.87. The molecule has 1 N–H and O–H groups in total. The molecule has 3 nitrogen and oxygen atoms in total. The van der Waals surface area contributed by atoms with Crippen molar-refractivity contribution in [3.05, 3.63) is 18.0 Å². The second kappa shape index (κ2) is 4.60. The summed E-state index contributed by atoms with van der Waals surface area (Å²) < 4.78 is 1.97. The summed E-state index contributed by atoms with van der Waals surface area (Å²) in [6.07, 6.45) is 8.34. The molecule has 0 saturated heterocycles. The van der Waals surface area contributed by atoms with Gasteiger partial charge in [0, 0.05) is 24.8 Å². The van der Waals surface area contributed by atoms with Crippen molar-refractivity contribution >= 4 is 0 Å². The molecule has 0 aliphatic heterocycles. The van der Waals surface area contributed by atoms with Crippen LogP contribution in [0, 0.1) is 5.92 Å². The van der Waals surface area contributed by atoms with E-state index >= 15 is 0 Å². The number of nitrogens with zero attached hydrogens (tertiary/aromatic N) is 2. The Kier molecular flexibility index (Phi) is 3.19. The Bertz CT molecular complexity index is 276. The minimum atomic E-state index is 0.941. The van der Waals surface area contributed by atoms with Gasteiger partial charge in [-0.25, -0.2) is 0 Å². The van der Waals surface area contributed by atoms with Crippen LogP contribution in [0.25, 0.3) is 0 Å². The zero-order chi connectivity index (χ0) is 9.80. The van der Waals surface area contributed by atoms with Gasteiger partial charge < -0.3 is 5.32 Å². The molecule has 78 valence electrons. The van der Waals surface area contributed by atoms with Crippen LogP contribution in [0.3, 0.4) is 0 Å². The molecular formula is C11H19N3. The molecule has 2 rings (SSSR count). The Balaban J connectivity index is 1.68. The minimum absolute atomic E-state index is 0.941. The number of aryl methyl sites for hydroxylation is 1. The van der Waals surface area contributed by atoms with Crippen LogP contribution >= 0.6 is 0 Å². The van der Waals surface area contributed by atoms with Gasteiger partial charge in [-0.15, -0.1) is 0 Å². The van der Waals surface area contributed by atoms with Crippen molar-refractivity contribution in [2.75, 3.05) is 6.54 Å². The quantitative estimate of drug-likeness (QED) is 0.772. The Hall–Kier alpha value is -0.830. The van der Waals surface area contributed by atoms with E-state index in [4.69, 9.17) is 0 Å². The van der Waals surface area contributed by atoms with Crippen molar-refractivity contribution in [1.29, 1.82) is 0 Å². The third-order valence-electron chi connectivity index (χ3n) is 3.00. The number of rotatable bonds is 5. The molecule has 0 aromatic carbocycles. The van der Waals surface area contributed by atoms with E-state index in [0.717, 1.165) is 19.0 Å². The summed E-state index contributed by atoms with van der Waals surface area (Å²) in [5.41, 5.74) is 1.30. The topological polar surface area (TPSA) is 29.9 Å². The molecule has 0 atom stereocenters. The highest BCUT2D eigenvalue weighted by molar-refractivity contribution is 5.03. The minimum Gasteiger partial charge on any atom is -0.312 e. The molecule has 1 aromatic rings. The Morgan fingerprint density at radius 2 is 2.43 bits per heavy atom. The number of aromatic nitrogens is 2. The monoisotopic (exact) mass is 193 g/mol. The van der Waals surface area contributed by atoms with Crippen molar-refractivity contribution < 1.29 is 0 Å². The van der Waals surface area contributed by atoms with Gasteiger partial charge in [-0.3, -0.25) is 4.68 Å². The van der Waals surface area contributed by atoms with E-state index in [0.29, 0.717) is 0 Å². The van der Waals surface area contributed by atoms with Gasteiger partial charge in [0.1, 0.15) is 0 Å². The summed E-state index contributed by atoms with van der Waals surface area (Å²) in [6, 6.07) is 0. The molecule has 0 amide bonds. The summed E-state index contributed by atoms with van der Waals surface area (Å²) in [7, 11) is 0. The third kappa shape index (κ3) is 2.35. The molecule has 3 heteroatoms. The molecule has 0 bridgehead atoms. The fraction of sp³-hybridized carbons (Fsp3) is 0.727. The Morgan fingerprint density at radius 1 is 1.57 bits per heavy atom. The summed E-state index contributed by atoms with van der Waals surface area (Å²) in [5.74, 6) is 0.941. The third-order valence-corrected chi connectivity index (χ3v) is 3.00. The maximum absolute atomic E-state index is 4.24. The molecule has 1 saturated carbocycles. The fourth-order valence-electron chi connectivity index (χ4n) is 1.79. The van der Waals surface area contributed by atoms with E-state index in [2.05, 4.69) is 23.5 Å². The summed E-state index contributed by atoms with van der Waals surface area (Å²) in [6.45, 7) is 5.22. The van der Waals surface area contributed by atoms with Crippen LogP contribution in [-0.2, 0) is 13.1 Å². The van der Waals surface area contributed by atoms with Crippen LogP contribution in [0.5, 0.6) is 0 Å². The number of hydrogen-bond donors (Lipinski definition) is 1. The van der Waals surface area contributed by atoms with Gasteiger partial charge in [-0.05, 0) is 32.2 Å². The van der Waals surface area contributed by atoms with Crippen molar-refractivity contribution in [3.8, 4) is 0 Å². The molecule has 0 unspecified atom stereocenters. The van der Waals surface area contributed by atoms with Crippen LogP contribution in [0.1, 0.15) is 31.7 Å². The summed E-state index contributed by atoms with van der Waals surface area (Å²) in [5, 5.41) is 7.73. The van der Waals surface area contributed by atoms with Gasteiger partial charge in [-0.1, -0.05) is 6.42 Å². The number of nitrogens with one attached hydrogen (secondary N) is 1. The standard InChI is InChI=1S/C11H19N3/c1-2-14-9-11(8-13-14)7-12-6-10-4-3-5-10/h8-10,12H,2-7H2,1H3. The lowest BCUT2D eigenvalue weighted by atomic mass is 9.85. The molecule has 0 radical (unpaired) electrons. The van der Waals surface area contributed by atoms with Crippen molar-refractivity contribution in [2.24, 2.45) is 5.92 Å². The molecule has 1 aromatic heterocycles. The largest absolute Gasteiger partial charge is 0.312 e. The lowest BCUT2D eigenvalue weighted by Crippen LogP contribution is -2.26. The predicted molar refractivity (Wildman–Crippen MR) is 56.9 cm³/mol. The maximum atomic E-state index is 4.24. The molecule has 1 fully saturated rings. The summed E-state index contributed by atoms with van der Waals surface area (Å²) >= 11 is 0.